The topological polar surface area (TPSA) is 139 Å². The average Bonchev–Trinajstić information content (AvgIpc) is 3.11. The Kier molecular flexibility index (Phi) is 18.2. The molecular weight excluding hydrogens is 442 g/mol. The molecule has 1 aliphatic heterocycles. The predicted molar refractivity (Wildman–Crippen MR) is 114 cm³/mol. The molecule has 190 valence electrons. The summed E-state index contributed by atoms with van der Waals surface area (Å²) in [7, 11) is 0. The second kappa shape index (κ2) is 20.7. The molecule has 2 amide bonds. The van der Waals surface area contributed by atoms with Crippen molar-refractivity contribution in [3.05, 3.63) is 12.2 Å². The predicted octanol–water partition coefficient (Wildman–Crippen LogP) is -0.498. The molecule has 33 heavy (non-hydrogen) atoms. The van der Waals surface area contributed by atoms with Crippen LogP contribution >= 0.6 is 0 Å². The lowest BCUT2D eigenvalue weighted by Gasteiger charge is -2.13. The Labute approximate surface area is 193 Å². The van der Waals surface area contributed by atoms with Crippen molar-refractivity contribution in [2.75, 3.05) is 99.0 Å². The Morgan fingerprint density at radius 1 is 0.576 bits per heavy atom. The number of ether oxygens (including phenoxy) is 7. The van der Waals surface area contributed by atoms with Crippen LogP contribution in [0.25, 0.3) is 0 Å². The van der Waals surface area contributed by atoms with Crippen LogP contribution in [0.3, 0.4) is 0 Å². The minimum Gasteiger partial charge on any atom is -0.481 e. The highest BCUT2D eigenvalue weighted by molar-refractivity contribution is 6.12. The van der Waals surface area contributed by atoms with Crippen molar-refractivity contribution in [3.63, 3.8) is 0 Å². The van der Waals surface area contributed by atoms with Crippen molar-refractivity contribution in [3.8, 4) is 0 Å². The van der Waals surface area contributed by atoms with Crippen LogP contribution in [0, 0.1) is 0 Å². The zero-order valence-corrected chi connectivity index (χ0v) is 18.9. The van der Waals surface area contributed by atoms with E-state index in [4.69, 9.17) is 38.3 Å². The number of carbonyl (C=O) groups is 3. The van der Waals surface area contributed by atoms with E-state index in [-0.39, 0.29) is 38.0 Å². The molecule has 0 aromatic carbocycles. The second-order valence-electron chi connectivity index (χ2n) is 6.59. The van der Waals surface area contributed by atoms with Crippen LogP contribution in [0.5, 0.6) is 0 Å². The molecule has 12 nitrogen and oxygen atoms in total. The third-order valence-electron chi connectivity index (χ3n) is 4.05. The van der Waals surface area contributed by atoms with E-state index >= 15 is 0 Å². The van der Waals surface area contributed by atoms with Gasteiger partial charge in [-0.05, 0) is 0 Å². The summed E-state index contributed by atoms with van der Waals surface area (Å²) >= 11 is 0. The van der Waals surface area contributed by atoms with E-state index in [0.29, 0.717) is 79.3 Å². The Morgan fingerprint density at radius 3 is 1.21 bits per heavy atom. The number of hydrogen-bond donors (Lipinski definition) is 1. The number of nitrogens with zero attached hydrogens (tertiary/aromatic N) is 1. The fourth-order valence-corrected chi connectivity index (χ4v) is 2.39. The number of imide groups is 1. The zero-order valence-electron chi connectivity index (χ0n) is 18.9. The van der Waals surface area contributed by atoms with Crippen LogP contribution < -0.4 is 0 Å². The molecule has 1 rings (SSSR count). The van der Waals surface area contributed by atoms with Crippen molar-refractivity contribution < 1.29 is 52.6 Å². The lowest BCUT2D eigenvalue weighted by molar-refractivity contribution is -0.139. The molecule has 0 saturated heterocycles. The molecular formula is C21H35NO11. The molecule has 12 heteroatoms. The zero-order chi connectivity index (χ0) is 24.0. The van der Waals surface area contributed by atoms with Gasteiger partial charge in [-0.3, -0.25) is 19.3 Å². The number of aliphatic carboxylic acids is 1. The van der Waals surface area contributed by atoms with E-state index in [1.807, 2.05) is 0 Å². The highest BCUT2D eigenvalue weighted by atomic mass is 16.6. The first-order chi connectivity index (χ1) is 16.1. The maximum absolute atomic E-state index is 11.3. The van der Waals surface area contributed by atoms with Gasteiger partial charge in [0.05, 0.1) is 105 Å². The van der Waals surface area contributed by atoms with E-state index in [1.165, 1.54) is 12.2 Å². The van der Waals surface area contributed by atoms with Crippen LogP contribution in [0.1, 0.15) is 6.42 Å². The first-order valence-electron chi connectivity index (χ1n) is 10.9. The lowest BCUT2D eigenvalue weighted by Crippen LogP contribution is -2.33. The summed E-state index contributed by atoms with van der Waals surface area (Å²) < 4.78 is 37.2. The van der Waals surface area contributed by atoms with E-state index in [9.17, 15) is 14.4 Å². The van der Waals surface area contributed by atoms with Gasteiger partial charge in [-0.15, -0.1) is 0 Å². The standard InChI is InChI=1S/C21H35NO11/c23-19-1-2-20(24)22(19)4-6-28-8-10-30-12-14-32-16-18-33-17-15-31-13-11-29-9-7-27-5-3-21(25)26/h1-2H,3-18H2,(H,25,26). The largest absolute Gasteiger partial charge is 0.481 e. The molecule has 0 atom stereocenters. The van der Waals surface area contributed by atoms with Crippen molar-refractivity contribution in [1.82, 2.24) is 4.90 Å². The van der Waals surface area contributed by atoms with Gasteiger partial charge in [0.1, 0.15) is 0 Å². The minimum absolute atomic E-state index is 0.00789. The van der Waals surface area contributed by atoms with Crippen LogP contribution in [0.4, 0.5) is 0 Å². The Balaban J connectivity index is 1.67. The summed E-state index contributed by atoms with van der Waals surface area (Å²) in [5.41, 5.74) is 0. The molecule has 1 aliphatic rings. The number of carboxylic acid groups (broad SMARTS) is 1. The van der Waals surface area contributed by atoms with E-state index in [1.54, 1.807) is 0 Å². The molecule has 1 N–H and O–H groups in total. The van der Waals surface area contributed by atoms with Crippen molar-refractivity contribution >= 4 is 17.8 Å². The van der Waals surface area contributed by atoms with Gasteiger partial charge in [-0.25, -0.2) is 0 Å². The molecule has 0 bridgehead atoms. The third kappa shape index (κ3) is 17.2. The highest BCUT2D eigenvalue weighted by Crippen LogP contribution is 2.02. The molecule has 0 aromatic rings. The fraction of sp³-hybridized carbons (Fsp3) is 0.762. The fourth-order valence-electron chi connectivity index (χ4n) is 2.39. The van der Waals surface area contributed by atoms with Gasteiger partial charge in [0.2, 0.25) is 0 Å². The number of hydrogen-bond acceptors (Lipinski definition) is 10. The normalized spacial score (nSPS) is 13.4. The monoisotopic (exact) mass is 477 g/mol. The van der Waals surface area contributed by atoms with E-state index in [2.05, 4.69) is 0 Å². The number of carboxylic acids is 1. The third-order valence-corrected chi connectivity index (χ3v) is 4.05. The van der Waals surface area contributed by atoms with Crippen LogP contribution in [0.15, 0.2) is 12.2 Å². The van der Waals surface area contributed by atoms with Gasteiger partial charge in [-0.1, -0.05) is 0 Å². The Hall–Kier alpha value is -1.93. The SMILES string of the molecule is O=C(O)CCOCCOCCOCCOCCOCCOCCOCCN1C(=O)C=CC1=O. The lowest BCUT2D eigenvalue weighted by atomic mass is 10.5. The summed E-state index contributed by atoms with van der Waals surface area (Å²) in [4.78, 5) is 34.1. The first kappa shape index (κ1) is 29.1. The number of rotatable bonds is 24. The smallest absolute Gasteiger partial charge is 0.305 e. The van der Waals surface area contributed by atoms with Crippen LogP contribution in [-0.2, 0) is 47.5 Å². The average molecular weight is 478 g/mol. The molecule has 1 heterocycles. The summed E-state index contributed by atoms with van der Waals surface area (Å²) in [5.74, 6) is -1.50. The maximum atomic E-state index is 11.3. The van der Waals surface area contributed by atoms with Crippen LogP contribution in [0.2, 0.25) is 0 Å². The Morgan fingerprint density at radius 2 is 0.879 bits per heavy atom. The van der Waals surface area contributed by atoms with E-state index < -0.39 is 5.97 Å². The maximum Gasteiger partial charge on any atom is 0.305 e. The molecule has 0 spiro atoms. The first-order valence-corrected chi connectivity index (χ1v) is 10.9. The number of carbonyl (C=O) groups excluding carboxylic acids is 2. The summed E-state index contributed by atoms with van der Waals surface area (Å²) in [5, 5.41) is 8.44. The molecule has 0 aromatic heterocycles. The Bertz CT molecular complexity index is 552. The molecule has 0 fully saturated rings. The summed E-state index contributed by atoms with van der Waals surface area (Å²) in [6.45, 7) is 5.82. The summed E-state index contributed by atoms with van der Waals surface area (Å²) in [6.07, 6.45) is 2.49. The second-order valence-corrected chi connectivity index (χ2v) is 6.59. The minimum atomic E-state index is -0.881. The van der Waals surface area contributed by atoms with Gasteiger partial charge in [0, 0.05) is 12.2 Å². The molecule has 0 aliphatic carbocycles. The molecule has 0 saturated carbocycles. The van der Waals surface area contributed by atoms with Gasteiger partial charge in [0.15, 0.2) is 0 Å². The number of amides is 2. The van der Waals surface area contributed by atoms with Crippen molar-refractivity contribution in [1.29, 1.82) is 0 Å². The van der Waals surface area contributed by atoms with Gasteiger partial charge >= 0.3 is 5.97 Å². The van der Waals surface area contributed by atoms with Crippen LogP contribution in [-0.4, -0.2) is 127 Å². The van der Waals surface area contributed by atoms with Gasteiger partial charge in [0.25, 0.3) is 11.8 Å². The van der Waals surface area contributed by atoms with Crippen molar-refractivity contribution in [2.24, 2.45) is 0 Å². The van der Waals surface area contributed by atoms with E-state index in [0.717, 1.165) is 4.90 Å². The van der Waals surface area contributed by atoms with Crippen molar-refractivity contribution in [2.45, 2.75) is 6.42 Å². The quantitative estimate of drug-likeness (QED) is 0.142. The molecule has 0 radical (unpaired) electrons. The highest BCUT2D eigenvalue weighted by Gasteiger charge is 2.22. The van der Waals surface area contributed by atoms with Gasteiger partial charge in [-0.2, -0.15) is 0 Å². The summed E-state index contributed by atoms with van der Waals surface area (Å²) in [6, 6.07) is 0. The van der Waals surface area contributed by atoms with Gasteiger partial charge < -0.3 is 38.3 Å². The molecule has 0 unspecified atom stereocenters.